The summed E-state index contributed by atoms with van der Waals surface area (Å²) in [4.78, 5) is 18.3. The molecule has 2 saturated carbocycles. The van der Waals surface area contributed by atoms with Gasteiger partial charge in [-0.2, -0.15) is 9.97 Å². The molecule has 4 bridgehead atoms. The summed E-state index contributed by atoms with van der Waals surface area (Å²) < 4.78 is 75.8. The first-order chi connectivity index (χ1) is 24.7. The monoisotopic (exact) mass is 696 g/mol. The maximum Gasteiger partial charge on any atom is 0.319 e. The Balaban J connectivity index is 1.18. The van der Waals surface area contributed by atoms with Gasteiger partial charge in [0.1, 0.15) is 35.1 Å². The van der Waals surface area contributed by atoms with Gasteiger partial charge in [0, 0.05) is 48.3 Å². The molecule has 51 heavy (non-hydrogen) atoms. The molecule has 7 heterocycles. The van der Waals surface area contributed by atoms with Crippen LogP contribution in [0.1, 0.15) is 50.5 Å². The molecule has 2 aromatic heterocycles. The van der Waals surface area contributed by atoms with Gasteiger partial charge in [0.05, 0.1) is 42.1 Å². The molecule has 4 aromatic rings. The molecule has 0 radical (unpaired) electrons. The van der Waals surface area contributed by atoms with E-state index in [1.165, 1.54) is 12.3 Å². The first-order valence-corrected chi connectivity index (χ1v) is 17.8. The topological polar surface area (TPSA) is 89.6 Å². The highest BCUT2D eigenvalue weighted by atomic mass is 19.1. The van der Waals surface area contributed by atoms with Crippen LogP contribution in [0.4, 0.5) is 29.1 Å². The molecule has 0 unspecified atom stereocenters. The van der Waals surface area contributed by atoms with Crippen LogP contribution >= 0.6 is 0 Å². The minimum atomic E-state index is -1.58. The summed E-state index contributed by atoms with van der Waals surface area (Å²) in [6.45, 7) is 2.53. The van der Waals surface area contributed by atoms with Gasteiger partial charge in [-0.3, -0.25) is 9.88 Å². The normalized spacial score (nSPS) is 29.7. The predicted molar refractivity (Wildman–Crippen MR) is 185 cm³/mol. The second-order valence-electron chi connectivity index (χ2n) is 15.2. The van der Waals surface area contributed by atoms with Crippen molar-refractivity contribution in [3.05, 3.63) is 59.6 Å². The lowest BCUT2D eigenvalue weighted by Gasteiger charge is -2.37. The van der Waals surface area contributed by atoms with Crippen molar-refractivity contribution in [3.63, 3.8) is 0 Å². The molecule has 0 amide bonds. The zero-order valence-electron chi connectivity index (χ0n) is 28.0. The van der Waals surface area contributed by atoms with E-state index in [1.807, 2.05) is 4.90 Å². The van der Waals surface area contributed by atoms with E-state index >= 15 is 13.2 Å². The third-order valence-electron chi connectivity index (χ3n) is 12.6. The maximum atomic E-state index is 17.2. The van der Waals surface area contributed by atoms with E-state index in [1.54, 1.807) is 18.2 Å². The van der Waals surface area contributed by atoms with Crippen LogP contribution in [0.5, 0.6) is 6.01 Å². The van der Waals surface area contributed by atoms with Crippen LogP contribution in [-0.4, -0.2) is 76.6 Å². The number of anilines is 2. The molecular weight excluding hydrogens is 660 g/mol. The fraction of sp³-hybridized carbons (Fsp3) is 0.462. The van der Waals surface area contributed by atoms with E-state index in [-0.39, 0.29) is 53.4 Å². The van der Waals surface area contributed by atoms with Crippen molar-refractivity contribution in [2.24, 2.45) is 11.3 Å². The van der Waals surface area contributed by atoms with Crippen LogP contribution < -0.4 is 15.4 Å². The molecule has 2 aromatic carbocycles. The molecule has 8 nitrogen and oxygen atoms in total. The fourth-order valence-electron chi connectivity index (χ4n) is 9.87. The number of nitrogens with zero attached hydrogens (tertiary/aromatic N) is 5. The zero-order chi connectivity index (χ0) is 34.7. The van der Waals surface area contributed by atoms with Gasteiger partial charge in [-0.1, -0.05) is 17.9 Å². The third kappa shape index (κ3) is 4.50. The lowest BCUT2D eigenvalue weighted by molar-refractivity contribution is 0.0649. The molecule has 2 aliphatic carbocycles. The molecule has 11 rings (SSSR count). The van der Waals surface area contributed by atoms with Crippen molar-refractivity contribution >= 4 is 33.2 Å². The third-order valence-corrected chi connectivity index (χ3v) is 12.6. The summed E-state index contributed by atoms with van der Waals surface area (Å²) >= 11 is 0. The summed E-state index contributed by atoms with van der Waals surface area (Å²) in [7, 11) is 0. The minimum Gasteiger partial charge on any atom is -0.461 e. The quantitative estimate of drug-likeness (QED) is 0.145. The van der Waals surface area contributed by atoms with E-state index in [0.29, 0.717) is 73.0 Å². The van der Waals surface area contributed by atoms with Crippen molar-refractivity contribution in [1.29, 1.82) is 0 Å². The summed E-state index contributed by atoms with van der Waals surface area (Å²) in [6.07, 6.45) is 6.88. The Bertz CT molecular complexity index is 2250. The Morgan fingerprint density at radius 2 is 2.00 bits per heavy atom. The molecular formula is C39H36F4N6O2. The smallest absolute Gasteiger partial charge is 0.319 e. The molecule has 2 N–H and O–H groups in total. The molecule has 5 aliphatic heterocycles. The average Bonchev–Trinajstić information content (AvgIpc) is 3.98. The molecule has 4 atom stereocenters. The molecule has 7 aliphatic rings. The number of nitrogens with two attached hydrogens (primary N) is 1. The number of hydrogen-bond acceptors (Lipinski definition) is 8. The summed E-state index contributed by atoms with van der Waals surface area (Å²) in [5, 5.41) is 1.26. The molecule has 262 valence electrons. The van der Waals surface area contributed by atoms with Crippen LogP contribution in [0, 0.1) is 34.8 Å². The minimum absolute atomic E-state index is 0.0339. The number of nitrogen functional groups attached to an aromatic ring is 1. The van der Waals surface area contributed by atoms with Crippen molar-refractivity contribution in [1.82, 2.24) is 19.9 Å². The number of hydrogen-bond donors (Lipinski definition) is 1. The first-order valence-electron chi connectivity index (χ1n) is 17.8. The molecule has 1 spiro atoms. The predicted octanol–water partition coefficient (Wildman–Crippen LogP) is 6.64. The standard InChI is InChI=1S/C39H36F4N6O2/c40-17-22-16-38(37(8-9-37)10-11-48(38)19-22)21-51-36-46-33-27-18-45-32(31(33)42)26-15-24(44)14-23-5-6-29(41)25(30(23)26)4-2-1-3-7-39(43)28-20-50-13-12-49(34(28)39)35(27)47-36/h5-6,14-15,17-18,28,34H,1,3,7-13,16,19-21,44H2/b22-17+/t28-,34+,38+,39+/m1/s1. The van der Waals surface area contributed by atoms with E-state index in [0.717, 1.165) is 31.4 Å². The molecule has 5 fully saturated rings. The van der Waals surface area contributed by atoms with Gasteiger partial charge in [-0.15, -0.1) is 0 Å². The van der Waals surface area contributed by atoms with Gasteiger partial charge in [0.25, 0.3) is 0 Å². The van der Waals surface area contributed by atoms with Gasteiger partial charge in [-0.05, 0) is 79.6 Å². The highest BCUT2D eigenvalue weighted by molar-refractivity contribution is 6.04. The van der Waals surface area contributed by atoms with E-state index < -0.39 is 34.8 Å². The van der Waals surface area contributed by atoms with E-state index in [9.17, 15) is 4.39 Å². The van der Waals surface area contributed by atoms with Crippen molar-refractivity contribution in [2.45, 2.75) is 62.2 Å². The van der Waals surface area contributed by atoms with Crippen LogP contribution in [-0.2, 0) is 4.74 Å². The Hall–Kier alpha value is -4.47. The molecule has 3 saturated heterocycles. The number of benzene rings is 2. The first kappa shape index (κ1) is 31.3. The maximum absolute atomic E-state index is 17.2. The fourth-order valence-corrected chi connectivity index (χ4v) is 9.87. The largest absolute Gasteiger partial charge is 0.461 e. The second-order valence-corrected chi connectivity index (χ2v) is 15.2. The number of fused-ring (bicyclic) bond motifs is 6. The van der Waals surface area contributed by atoms with Crippen molar-refractivity contribution in [3.8, 4) is 29.1 Å². The Kier molecular flexibility index (Phi) is 6.76. The van der Waals surface area contributed by atoms with Crippen LogP contribution in [0.15, 0.2) is 42.4 Å². The van der Waals surface area contributed by atoms with E-state index in [2.05, 4.69) is 26.7 Å². The summed E-state index contributed by atoms with van der Waals surface area (Å²) in [5.41, 5.74) is 5.68. The Morgan fingerprint density at radius 1 is 1.12 bits per heavy atom. The number of alkyl halides is 1. The lowest BCUT2D eigenvalue weighted by Crippen LogP contribution is -2.49. The van der Waals surface area contributed by atoms with Crippen LogP contribution in [0.2, 0.25) is 0 Å². The SMILES string of the molecule is Nc1cc2c3c(c(F)ccc3c1)C#CCCC[C@]1(F)[C@@H]3COCCN(c4nc(OC[C@]56C/C(=C\F)CN5CCC65CC5)nc5c(F)c-2ncc45)[C@@H]31. The Labute approximate surface area is 292 Å². The Morgan fingerprint density at radius 3 is 2.84 bits per heavy atom. The summed E-state index contributed by atoms with van der Waals surface area (Å²) in [6, 6.07) is 5.56. The van der Waals surface area contributed by atoms with Crippen LogP contribution in [0.25, 0.3) is 32.9 Å². The number of pyridine rings is 1. The highest BCUT2D eigenvalue weighted by Crippen LogP contribution is 2.66. The van der Waals surface area contributed by atoms with Crippen LogP contribution in [0.3, 0.4) is 0 Å². The van der Waals surface area contributed by atoms with Crippen molar-refractivity contribution in [2.75, 3.05) is 50.1 Å². The molecule has 12 heteroatoms. The lowest BCUT2D eigenvalue weighted by atomic mass is 9.80. The van der Waals surface area contributed by atoms with E-state index in [4.69, 9.17) is 20.2 Å². The van der Waals surface area contributed by atoms with Gasteiger partial charge in [0.15, 0.2) is 5.82 Å². The average molecular weight is 697 g/mol. The van der Waals surface area contributed by atoms with Gasteiger partial charge < -0.3 is 20.1 Å². The highest BCUT2D eigenvalue weighted by Gasteiger charge is 2.69. The summed E-state index contributed by atoms with van der Waals surface area (Å²) in [5.74, 6) is 4.58. The van der Waals surface area contributed by atoms with Crippen molar-refractivity contribution < 1.29 is 27.0 Å². The van der Waals surface area contributed by atoms with Gasteiger partial charge >= 0.3 is 6.01 Å². The zero-order valence-corrected chi connectivity index (χ0v) is 28.0. The second kappa shape index (κ2) is 11.0. The number of aromatic nitrogens is 3. The van der Waals surface area contributed by atoms with Gasteiger partial charge in [0.2, 0.25) is 0 Å². The van der Waals surface area contributed by atoms with Gasteiger partial charge in [-0.25, -0.2) is 17.6 Å². The number of ether oxygens (including phenoxy) is 2. The number of rotatable bonds is 3. The number of halogens is 4.